The number of hydrogen-bond acceptors (Lipinski definition) is 8. The summed E-state index contributed by atoms with van der Waals surface area (Å²) in [4.78, 5) is 35.5. The molecule has 1 unspecified atom stereocenters. The van der Waals surface area contributed by atoms with Crippen molar-refractivity contribution in [2.45, 2.75) is 33.2 Å². The van der Waals surface area contributed by atoms with E-state index in [4.69, 9.17) is 14.2 Å². The number of aliphatic hydroxyl groups is 1. The zero-order valence-electron chi connectivity index (χ0n) is 23.3. The predicted octanol–water partition coefficient (Wildman–Crippen LogP) is 3.58. The van der Waals surface area contributed by atoms with Gasteiger partial charge in [-0.15, -0.1) is 0 Å². The molecule has 2 aromatic heterocycles. The molecule has 0 bridgehead atoms. The number of amides is 1. The van der Waals surface area contributed by atoms with Gasteiger partial charge in [0.1, 0.15) is 11.3 Å². The van der Waals surface area contributed by atoms with Crippen LogP contribution in [0, 0.1) is 6.92 Å². The number of Topliss-reactive ketones (excluding diaryl/α,β-unsaturated/α-hetero) is 1. The maximum absolute atomic E-state index is 13.6. The molecule has 4 heterocycles. The Bertz CT molecular complexity index is 1420. The summed E-state index contributed by atoms with van der Waals surface area (Å²) in [5.41, 5.74) is 2.27. The van der Waals surface area contributed by atoms with E-state index >= 15 is 0 Å². The number of ether oxygens (including phenoxy) is 3. The molecule has 0 saturated carbocycles. The average molecular weight is 549 g/mol. The number of aromatic nitrogens is 2. The molecular formula is C30H36N4O6. The molecule has 1 amide bonds. The number of carbonyl (C=O) groups is 2. The summed E-state index contributed by atoms with van der Waals surface area (Å²) in [5.74, 6) is -0.499. The van der Waals surface area contributed by atoms with Gasteiger partial charge in [0.05, 0.1) is 43.7 Å². The van der Waals surface area contributed by atoms with Gasteiger partial charge in [0.15, 0.2) is 17.3 Å². The van der Waals surface area contributed by atoms with Gasteiger partial charge in [0, 0.05) is 32.4 Å². The smallest absolute Gasteiger partial charge is 0.295 e. The number of pyridine rings is 1. The van der Waals surface area contributed by atoms with Gasteiger partial charge in [-0.25, -0.2) is 4.98 Å². The summed E-state index contributed by atoms with van der Waals surface area (Å²) >= 11 is 0. The molecule has 0 radical (unpaired) electrons. The third-order valence-corrected chi connectivity index (χ3v) is 7.27. The fourth-order valence-corrected chi connectivity index (χ4v) is 5.35. The van der Waals surface area contributed by atoms with Gasteiger partial charge in [0.25, 0.3) is 11.7 Å². The topological polar surface area (TPSA) is 106 Å². The Labute approximate surface area is 233 Å². The third kappa shape index (κ3) is 5.29. The highest BCUT2D eigenvalue weighted by Gasteiger charge is 2.46. The second-order valence-electron chi connectivity index (χ2n) is 9.91. The fraction of sp³-hybridized carbons (Fsp3) is 0.433. The van der Waals surface area contributed by atoms with Crippen LogP contribution in [0.2, 0.25) is 0 Å². The van der Waals surface area contributed by atoms with Gasteiger partial charge in [-0.2, -0.15) is 0 Å². The number of carbonyl (C=O) groups excluding carboxylic acids is 2. The third-order valence-electron chi connectivity index (χ3n) is 7.27. The van der Waals surface area contributed by atoms with Crippen molar-refractivity contribution in [2.24, 2.45) is 0 Å². The summed E-state index contributed by atoms with van der Waals surface area (Å²) < 4.78 is 19.0. The lowest BCUT2D eigenvalue weighted by molar-refractivity contribution is -0.140. The number of ketones is 1. The zero-order chi connectivity index (χ0) is 28.2. The molecule has 1 atom stereocenters. The number of likely N-dealkylation sites (tertiary alicyclic amines) is 1. The molecule has 10 nitrogen and oxygen atoms in total. The molecule has 10 heteroatoms. The molecule has 5 rings (SSSR count). The Kier molecular flexibility index (Phi) is 8.37. The largest absolute Gasteiger partial charge is 0.505 e. The molecule has 2 saturated heterocycles. The molecule has 2 aliphatic rings. The Morgan fingerprint density at radius 1 is 1.07 bits per heavy atom. The molecule has 40 heavy (non-hydrogen) atoms. The number of hydrogen-bond donors (Lipinski definition) is 1. The maximum Gasteiger partial charge on any atom is 0.295 e. The SMILES string of the molecule is CCCOc1ccc(C2/C(=C(\O)c3c(C)nc4ccccn34)C(=O)C(=O)N2CCN2CCOCC2)cc1OCC. The lowest BCUT2D eigenvalue weighted by Gasteiger charge is -2.31. The minimum atomic E-state index is -0.811. The quantitative estimate of drug-likeness (QED) is 0.233. The number of rotatable bonds is 10. The number of morpholine rings is 1. The van der Waals surface area contributed by atoms with E-state index in [1.165, 1.54) is 0 Å². The number of aliphatic hydroxyl groups excluding tert-OH is 1. The molecule has 0 spiro atoms. The maximum atomic E-state index is 13.6. The standard InChI is InChI=1S/C30H36N4O6/c1-4-16-40-22-10-9-21(19-23(22)39-5-2)27-25(28(35)26-20(3)31-24-8-6-7-11-33(24)26)29(36)30(37)34(27)13-12-32-14-17-38-18-15-32/h6-11,19,27,35H,4-5,12-18H2,1-3H3/b28-25+. The van der Waals surface area contributed by atoms with Gasteiger partial charge >= 0.3 is 0 Å². The number of imidazole rings is 1. The molecule has 3 aromatic rings. The van der Waals surface area contributed by atoms with E-state index in [-0.39, 0.29) is 11.3 Å². The van der Waals surface area contributed by atoms with Crippen LogP contribution in [0.1, 0.15) is 43.3 Å². The Balaban J connectivity index is 1.62. The number of benzene rings is 1. The first kappa shape index (κ1) is 27.7. The summed E-state index contributed by atoms with van der Waals surface area (Å²) in [5, 5.41) is 11.7. The van der Waals surface area contributed by atoms with Gasteiger partial charge in [-0.3, -0.25) is 18.9 Å². The Hall–Kier alpha value is -3.89. The van der Waals surface area contributed by atoms with Gasteiger partial charge in [-0.05, 0) is 50.1 Å². The first-order chi connectivity index (χ1) is 19.4. The van der Waals surface area contributed by atoms with Crippen LogP contribution in [0.25, 0.3) is 11.4 Å². The highest BCUT2D eigenvalue weighted by atomic mass is 16.5. The van der Waals surface area contributed by atoms with Crippen molar-refractivity contribution in [3.05, 3.63) is 65.1 Å². The van der Waals surface area contributed by atoms with E-state index in [0.717, 1.165) is 19.5 Å². The van der Waals surface area contributed by atoms with Gasteiger partial charge in [0.2, 0.25) is 0 Å². The second kappa shape index (κ2) is 12.1. The molecular weight excluding hydrogens is 512 g/mol. The molecule has 2 aliphatic heterocycles. The minimum Gasteiger partial charge on any atom is -0.505 e. The average Bonchev–Trinajstić information content (AvgIpc) is 3.43. The summed E-state index contributed by atoms with van der Waals surface area (Å²) in [6, 6.07) is 10.1. The van der Waals surface area contributed by atoms with Crippen LogP contribution < -0.4 is 9.47 Å². The lowest BCUT2D eigenvalue weighted by Crippen LogP contribution is -2.42. The van der Waals surface area contributed by atoms with Crippen molar-refractivity contribution in [3.8, 4) is 11.5 Å². The highest BCUT2D eigenvalue weighted by molar-refractivity contribution is 6.46. The van der Waals surface area contributed by atoms with Crippen molar-refractivity contribution in [3.63, 3.8) is 0 Å². The Morgan fingerprint density at radius 2 is 1.88 bits per heavy atom. The number of nitrogens with zero attached hydrogens (tertiary/aromatic N) is 4. The highest BCUT2D eigenvalue weighted by Crippen LogP contribution is 2.42. The van der Waals surface area contributed by atoms with E-state index in [1.807, 2.05) is 38.1 Å². The van der Waals surface area contributed by atoms with Gasteiger partial charge in [-0.1, -0.05) is 19.1 Å². The van der Waals surface area contributed by atoms with E-state index < -0.39 is 17.7 Å². The van der Waals surface area contributed by atoms with Crippen molar-refractivity contribution in [1.82, 2.24) is 19.2 Å². The summed E-state index contributed by atoms with van der Waals surface area (Å²) in [6.45, 7) is 10.3. The summed E-state index contributed by atoms with van der Waals surface area (Å²) in [6.07, 6.45) is 2.62. The van der Waals surface area contributed by atoms with E-state index in [1.54, 1.807) is 34.6 Å². The van der Waals surface area contributed by atoms with E-state index in [2.05, 4.69) is 9.88 Å². The lowest BCUT2D eigenvalue weighted by atomic mass is 9.96. The molecule has 1 N–H and O–H groups in total. The zero-order valence-corrected chi connectivity index (χ0v) is 23.3. The van der Waals surface area contributed by atoms with Crippen LogP contribution in [-0.4, -0.2) is 88.6 Å². The van der Waals surface area contributed by atoms with Gasteiger partial charge < -0.3 is 24.2 Å². The monoisotopic (exact) mass is 548 g/mol. The molecule has 0 aliphatic carbocycles. The van der Waals surface area contributed by atoms with Crippen LogP contribution in [0.3, 0.4) is 0 Å². The van der Waals surface area contributed by atoms with Crippen LogP contribution in [0.5, 0.6) is 11.5 Å². The Morgan fingerprint density at radius 3 is 2.62 bits per heavy atom. The normalized spacial score (nSPS) is 19.5. The van der Waals surface area contributed by atoms with Crippen molar-refractivity contribution >= 4 is 23.1 Å². The minimum absolute atomic E-state index is 0.0328. The fourth-order valence-electron chi connectivity index (χ4n) is 5.35. The molecule has 1 aromatic carbocycles. The molecule has 212 valence electrons. The van der Waals surface area contributed by atoms with E-state index in [9.17, 15) is 14.7 Å². The van der Waals surface area contributed by atoms with Crippen LogP contribution in [0.15, 0.2) is 48.2 Å². The summed E-state index contributed by atoms with van der Waals surface area (Å²) in [7, 11) is 0. The predicted molar refractivity (Wildman–Crippen MR) is 150 cm³/mol. The van der Waals surface area contributed by atoms with Crippen LogP contribution in [0.4, 0.5) is 0 Å². The number of aryl methyl sites for hydroxylation is 1. The van der Waals surface area contributed by atoms with Crippen molar-refractivity contribution in [2.75, 3.05) is 52.6 Å². The number of fused-ring (bicyclic) bond motifs is 1. The second-order valence-corrected chi connectivity index (χ2v) is 9.91. The van der Waals surface area contributed by atoms with Crippen molar-refractivity contribution in [1.29, 1.82) is 0 Å². The first-order valence-corrected chi connectivity index (χ1v) is 13.9. The first-order valence-electron chi connectivity index (χ1n) is 13.9. The van der Waals surface area contributed by atoms with Crippen LogP contribution in [-0.2, 0) is 14.3 Å². The van der Waals surface area contributed by atoms with E-state index in [0.29, 0.717) is 73.6 Å². The molecule has 2 fully saturated rings. The van der Waals surface area contributed by atoms with Crippen LogP contribution >= 0.6 is 0 Å². The van der Waals surface area contributed by atoms with Crippen molar-refractivity contribution < 1.29 is 28.9 Å².